The van der Waals surface area contributed by atoms with Crippen LogP contribution in [0.1, 0.15) is 32.6 Å². The standard InChI is InChI=1S/C17H28N2O4S/c1-2-22-11-12-23-15-7-9-16(10-8-15)24(20,21)19-17-6-4-3-5-14(17)13-18/h7-10,14,17,19H,2-6,11-13,18H2,1H3. The van der Waals surface area contributed by atoms with Gasteiger partial charge in [-0.1, -0.05) is 12.8 Å². The molecule has 0 amide bonds. The molecule has 0 heterocycles. The van der Waals surface area contributed by atoms with Crippen LogP contribution in [0, 0.1) is 5.92 Å². The molecule has 0 radical (unpaired) electrons. The van der Waals surface area contributed by atoms with E-state index in [0.717, 1.165) is 25.7 Å². The van der Waals surface area contributed by atoms with E-state index in [1.54, 1.807) is 24.3 Å². The number of benzene rings is 1. The minimum atomic E-state index is -3.53. The molecule has 2 atom stereocenters. The first-order valence-corrected chi connectivity index (χ1v) is 10.1. The molecule has 0 spiro atoms. The highest BCUT2D eigenvalue weighted by molar-refractivity contribution is 7.89. The number of rotatable bonds is 9. The molecule has 0 saturated heterocycles. The maximum Gasteiger partial charge on any atom is 0.240 e. The molecule has 6 nitrogen and oxygen atoms in total. The molecule has 136 valence electrons. The summed E-state index contributed by atoms with van der Waals surface area (Å²) < 4.78 is 38.6. The van der Waals surface area contributed by atoms with Crippen molar-refractivity contribution in [3.63, 3.8) is 0 Å². The molecule has 1 aromatic carbocycles. The van der Waals surface area contributed by atoms with Gasteiger partial charge in [0.15, 0.2) is 0 Å². The van der Waals surface area contributed by atoms with Crippen LogP contribution in [0.15, 0.2) is 29.2 Å². The van der Waals surface area contributed by atoms with E-state index in [-0.39, 0.29) is 16.9 Å². The summed E-state index contributed by atoms with van der Waals surface area (Å²) in [6.45, 7) is 4.05. The Labute approximate surface area is 144 Å². The highest BCUT2D eigenvalue weighted by Gasteiger charge is 2.28. The summed E-state index contributed by atoms with van der Waals surface area (Å²) >= 11 is 0. The van der Waals surface area contributed by atoms with Gasteiger partial charge in [0, 0.05) is 12.6 Å². The van der Waals surface area contributed by atoms with Crippen LogP contribution in [0.4, 0.5) is 0 Å². The zero-order chi connectivity index (χ0) is 17.4. The van der Waals surface area contributed by atoms with Crippen LogP contribution in [0.5, 0.6) is 5.75 Å². The van der Waals surface area contributed by atoms with Crippen molar-refractivity contribution < 1.29 is 17.9 Å². The van der Waals surface area contributed by atoms with Gasteiger partial charge < -0.3 is 15.2 Å². The quantitative estimate of drug-likeness (QED) is 0.660. The van der Waals surface area contributed by atoms with Gasteiger partial charge in [-0.25, -0.2) is 13.1 Å². The molecule has 0 bridgehead atoms. The fourth-order valence-corrected chi connectivity index (χ4v) is 4.33. The molecular weight excluding hydrogens is 328 g/mol. The van der Waals surface area contributed by atoms with Crippen LogP contribution in [-0.2, 0) is 14.8 Å². The molecule has 2 unspecified atom stereocenters. The average molecular weight is 356 g/mol. The zero-order valence-electron chi connectivity index (χ0n) is 14.2. The Morgan fingerprint density at radius 3 is 2.54 bits per heavy atom. The summed E-state index contributed by atoms with van der Waals surface area (Å²) in [5.41, 5.74) is 5.78. The molecule has 7 heteroatoms. The summed E-state index contributed by atoms with van der Waals surface area (Å²) in [4.78, 5) is 0.251. The van der Waals surface area contributed by atoms with Gasteiger partial charge in [0.1, 0.15) is 12.4 Å². The van der Waals surface area contributed by atoms with E-state index in [1.807, 2.05) is 6.92 Å². The van der Waals surface area contributed by atoms with E-state index in [0.29, 0.717) is 32.1 Å². The second-order valence-electron chi connectivity index (χ2n) is 6.02. The van der Waals surface area contributed by atoms with Gasteiger partial charge in [-0.3, -0.25) is 0 Å². The zero-order valence-corrected chi connectivity index (χ0v) is 15.1. The minimum absolute atomic E-state index is 0.0733. The molecule has 1 aromatic rings. The molecule has 3 N–H and O–H groups in total. The van der Waals surface area contributed by atoms with Gasteiger partial charge in [0.25, 0.3) is 0 Å². The van der Waals surface area contributed by atoms with Crippen molar-refractivity contribution in [1.29, 1.82) is 0 Å². The van der Waals surface area contributed by atoms with Crippen LogP contribution < -0.4 is 15.2 Å². The van der Waals surface area contributed by atoms with Crippen molar-refractivity contribution in [2.45, 2.75) is 43.5 Å². The van der Waals surface area contributed by atoms with Crippen LogP contribution >= 0.6 is 0 Å². The van der Waals surface area contributed by atoms with Crippen molar-refractivity contribution in [1.82, 2.24) is 4.72 Å². The van der Waals surface area contributed by atoms with Crippen molar-refractivity contribution in [3.05, 3.63) is 24.3 Å². The lowest BCUT2D eigenvalue weighted by atomic mass is 9.85. The number of nitrogens with two attached hydrogens (primary N) is 1. The fraction of sp³-hybridized carbons (Fsp3) is 0.647. The largest absolute Gasteiger partial charge is 0.491 e. The van der Waals surface area contributed by atoms with Crippen LogP contribution in [0.25, 0.3) is 0 Å². The van der Waals surface area contributed by atoms with E-state index in [4.69, 9.17) is 15.2 Å². The fourth-order valence-electron chi connectivity index (χ4n) is 2.99. The Morgan fingerprint density at radius 2 is 1.88 bits per heavy atom. The van der Waals surface area contributed by atoms with Crippen LogP contribution in [0.2, 0.25) is 0 Å². The third kappa shape index (κ3) is 5.44. The number of hydrogen-bond donors (Lipinski definition) is 2. The molecule has 24 heavy (non-hydrogen) atoms. The SMILES string of the molecule is CCOCCOc1ccc(S(=O)(=O)NC2CCCCC2CN)cc1. The van der Waals surface area contributed by atoms with E-state index in [2.05, 4.69) is 4.72 Å². The number of hydrogen-bond acceptors (Lipinski definition) is 5. The van der Waals surface area contributed by atoms with E-state index in [1.165, 1.54) is 0 Å². The molecule has 0 aromatic heterocycles. The normalized spacial score (nSPS) is 21.6. The lowest BCUT2D eigenvalue weighted by Gasteiger charge is -2.31. The first kappa shape index (κ1) is 19.2. The highest BCUT2D eigenvalue weighted by atomic mass is 32.2. The first-order chi connectivity index (χ1) is 11.6. The van der Waals surface area contributed by atoms with Crippen molar-refractivity contribution in [3.8, 4) is 5.75 Å². The maximum absolute atomic E-state index is 12.6. The average Bonchev–Trinajstić information content (AvgIpc) is 2.59. The Morgan fingerprint density at radius 1 is 1.17 bits per heavy atom. The smallest absolute Gasteiger partial charge is 0.240 e. The number of ether oxygens (including phenoxy) is 2. The number of sulfonamides is 1. The summed E-state index contributed by atoms with van der Waals surface area (Å²) in [6, 6.07) is 6.40. The van der Waals surface area contributed by atoms with Gasteiger partial charge in [-0.15, -0.1) is 0 Å². The van der Waals surface area contributed by atoms with Crippen molar-refractivity contribution in [2.75, 3.05) is 26.4 Å². The molecule has 1 saturated carbocycles. The van der Waals surface area contributed by atoms with Crippen LogP contribution in [-0.4, -0.2) is 40.8 Å². The van der Waals surface area contributed by atoms with E-state index in [9.17, 15) is 8.42 Å². The van der Waals surface area contributed by atoms with E-state index < -0.39 is 10.0 Å². The third-order valence-corrected chi connectivity index (χ3v) is 5.86. The minimum Gasteiger partial charge on any atom is -0.491 e. The molecule has 1 aliphatic carbocycles. The van der Waals surface area contributed by atoms with Gasteiger partial charge in [0.05, 0.1) is 11.5 Å². The van der Waals surface area contributed by atoms with Gasteiger partial charge >= 0.3 is 0 Å². The van der Waals surface area contributed by atoms with Crippen molar-refractivity contribution in [2.24, 2.45) is 11.7 Å². The second-order valence-corrected chi connectivity index (χ2v) is 7.74. The number of nitrogens with one attached hydrogen (secondary N) is 1. The Bertz CT molecular complexity index is 589. The topological polar surface area (TPSA) is 90.6 Å². The van der Waals surface area contributed by atoms with E-state index >= 15 is 0 Å². The third-order valence-electron chi connectivity index (χ3n) is 4.35. The Kier molecular flexibility index (Phi) is 7.48. The molecule has 0 aliphatic heterocycles. The van der Waals surface area contributed by atoms with Crippen LogP contribution in [0.3, 0.4) is 0 Å². The van der Waals surface area contributed by atoms with Gasteiger partial charge in [0.2, 0.25) is 10.0 Å². The molecule has 2 rings (SSSR count). The summed E-state index contributed by atoms with van der Waals surface area (Å²) in [7, 11) is -3.53. The van der Waals surface area contributed by atoms with Gasteiger partial charge in [-0.2, -0.15) is 0 Å². The molecule has 1 aliphatic rings. The highest BCUT2D eigenvalue weighted by Crippen LogP contribution is 2.25. The monoisotopic (exact) mass is 356 g/mol. The first-order valence-electron chi connectivity index (χ1n) is 8.60. The Balaban J connectivity index is 1.96. The van der Waals surface area contributed by atoms with Crippen molar-refractivity contribution >= 4 is 10.0 Å². The second kappa shape index (κ2) is 9.36. The summed E-state index contributed by atoms with van der Waals surface area (Å²) in [6.07, 6.45) is 3.99. The Hall–Kier alpha value is -1.15. The maximum atomic E-state index is 12.6. The lowest BCUT2D eigenvalue weighted by molar-refractivity contribution is 0.110. The lowest BCUT2D eigenvalue weighted by Crippen LogP contribution is -2.44. The van der Waals surface area contributed by atoms with Gasteiger partial charge in [-0.05, 0) is 56.5 Å². The predicted octanol–water partition coefficient (Wildman–Crippen LogP) is 1.90. The predicted molar refractivity (Wildman–Crippen MR) is 93.6 cm³/mol. The summed E-state index contributed by atoms with van der Waals surface area (Å²) in [5, 5.41) is 0. The molecule has 1 fully saturated rings. The summed E-state index contributed by atoms with van der Waals surface area (Å²) in [5.74, 6) is 0.848. The molecular formula is C17H28N2O4S.